The van der Waals surface area contributed by atoms with Crippen LogP contribution in [0.2, 0.25) is 0 Å². The largest absolute Gasteiger partial charge is 0.328 e. The van der Waals surface area contributed by atoms with Gasteiger partial charge >= 0.3 is 0 Å². The Labute approximate surface area is 99.8 Å². The molecule has 1 atom stereocenters. The molecule has 0 spiro atoms. The number of hydrogen-bond donors (Lipinski definition) is 1. The van der Waals surface area contributed by atoms with E-state index in [1.165, 1.54) is 6.07 Å². The molecule has 0 bridgehead atoms. The van der Waals surface area contributed by atoms with Crippen LogP contribution in [-0.2, 0) is 11.2 Å². The van der Waals surface area contributed by atoms with Crippen molar-refractivity contribution in [1.82, 2.24) is 0 Å². The van der Waals surface area contributed by atoms with Gasteiger partial charge in [-0.25, -0.2) is 8.78 Å². The standard InChI is InChI=1S/C13H17F2NO/c1-9(16)3-2-4-11(17)7-10-5-6-12(14)13(15)8-10/h5-6,8-9H,2-4,7,16H2,1H3. The van der Waals surface area contributed by atoms with Crippen LogP contribution in [0.5, 0.6) is 0 Å². The van der Waals surface area contributed by atoms with Crippen molar-refractivity contribution in [1.29, 1.82) is 0 Å². The van der Waals surface area contributed by atoms with E-state index in [-0.39, 0.29) is 18.2 Å². The lowest BCUT2D eigenvalue weighted by molar-refractivity contribution is -0.118. The maximum absolute atomic E-state index is 12.9. The second-order valence-electron chi connectivity index (χ2n) is 4.33. The van der Waals surface area contributed by atoms with Gasteiger partial charge < -0.3 is 5.73 Å². The van der Waals surface area contributed by atoms with Crippen molar-refractivity contribution in [3.63, 3.8) is 0 Å². The van der Waals surface area contributed by atoms with E-state index in [4.69, 9.17) is 5.73 Å². The summed E-state index contributed by atoms with van der Waals surface area (Å²) in [6, 6.07) is 3.63. The summed E-state index contributed by atoms with van der Waals surface area (Å²) in [4.78, 5) is 11.5. The lowest BCUT2D eigenvalue weighted by atomic mass is 10.0. The van der Waals surface area contributed by atoms with Crippen LogP contribution in [0.15, 0.2) is 18.2 Å². The number of benzene rings is 1. The molecule has 0 radical (unpaired) electrons. The lowest BCUT2D eigenvalue weighted by Gasteiger charge is -2.04. The minimum Gasteiger partial charge on any atom is -0.328 e. The second-order valence-corrected chi connectivity index (χ2v) is 4.33. The maximum Gasteiger partial charge on any atom is 0.159 e. The highest BCUT2D eigenvalue weighted by Gasteiger charge is 2.07. The number of nitrogens with two attached hydrogens (primary N) is 1. The summed E-state index contributed by atoms with van der Waals surface area (Å²) in [5, 5.41) is 0. The van der Waals surface area contributed by atoms with E-state index in [1.54, 1.807) is 0 Å². The lowest BCUT2D eigenvalue weighted by Crippen LogP contribution is -2.15. The molecule has 2 N–H and O–H groups in total. The van der Waals surface area contributed by atoms with Crippen molar-refractivity contribution >= 4 is 5.78 Å². The van der Waals surface area contributed by atoms with Gasteiger partial charge in [-0.2, -0.15) is 0 Å². The van der Waals surface area contributed by atoms with Gasteiger partial charge in [-0.05, 0) is 37.5 Å². The number of halogens is 2. The predicted octanol–water partition coefficient (Wildman–Crippen LogP) is 2.59. The van der Waals surface area contributed by atoms with E-state index in [1.807, 2.05) is 6.92 Å². The SMILES string of the molecule is CC(N)CCCC(=O)Cc1ccc(F)c(F)c1. The first-order valence-electron chi connectivity index (χ1n) is 5.70. The van der Waals surface area contributed by atoms with Crippen LogP contribution in [0, 0.1) is 11.6 Å². The molecule has 1 aromatic rings. The molecule has 0 aliphatic carbocycles. The number of carbonyl (C=O) groups excluding carboxylic acids is 1. The molecule has 0 fully saturated rings. The molecule has 0 amide bonds. The molecule has 1 rings (SSSR count). The Balaban J connectivity index is 2.42. The van der Waals surface area contributed by atoms with E-state index in [2.05, 4.69) is 0 Å². The summed E-state index contributed by atoms with van der Waals surface area (Å²) in [6.45, 7) is 1.89. The van der Waals surface area contributed by atoms with Crippen molar-refractivity contribution in [2.75, 3.05) is 0 Å². The zero-order valence-corrected chi connectivity index (χ0v) is 9.88. The van der Waals surface area contributed by atoms with Crippen LogP contribution < -0.4 is 5.73 Å². The average molecular weight is 241 g/mol. The van der Waals surface area contributed by atoms with Gasteiger partial charge in [0.2, 0.25) is 0 Å². The third kappa shape index (κ3) is 5.04. The summed E-state index contributed by atoms with van der Waals surface area (Å²) in [6.07, 6.45) is 2.11. The minimum absolute atomic E-state index is 0.0247. The number of Topliss-reactive ketones (excluding diaryl/α,β-unsaturated/α-hetero) is 1. The molecule has 94 valence electrons. The van der Waals surface area contributed by atoms with Gasteiger partial charge in [-0.1, -0.05) is 6.07 Å². The van der Waals surface area contributed by atoms with Crippen molar-refractivity contribution in [2.24, 2.45) is 5.73 Å². The highest BCUT2D eigenvalue weighted by Crippen LogP contribution is 2.11. The Morgan fingerprint density at radius 3 is 2.65 bits per heavy atom. The van der Waals surface area contributed by atoms with Crippen molar-refractivity contribution in [3.8, 4) is 0 Å². The summed E-state index contributed by atoms with van der Waals surface area (Å²) >= 11 is 0. The number of ketones is 1. The summed E-state index contributed by atoms with van der Waals surface area (Å²) in [5.74, 6) is -1.78. The first kappa shape index (κ1) is 13.8. The molecule has 0 saturated carbocycles. The molecule has 1 aromatic carbocycles. The molecule has 1 unspecified atom stereocenters. The van der Waals surface area contributed by atoms with E-state index in [9.17, 15) is 13.6 Å². The molecule has 17 heavy (non-hydrogen) atoms. The molecule has 4 heteroatoms. The van der Waals surface area contributed by atoms with Crippen LogP contribution in [0.4, 0.5) is 8.78 Å². The fraction of sp³-hybridized carbons (Fsp3) is 0.462. The summed E-state index contributed by atoms with van der Waals surface area (Å²) in [5.41, 5.74) is 6.07. The van der Waals surface area contributed by atoms with Crippen molar-refractivity contribution < 1.29 is 13.6 Å². The zero-order valence-electron chi connectivity index (χ0n) is 9.88. The van der Waals surface area contributed by atoms with Crippen LogP contribution in [0.1, 0.15) is 31.7 Å². The molecule has 0 aliphatic heterocycles. The second kappa shape index (κ2) is 6.45. The third-order valence-electron chi connectivity index (χ3n) is 2.50. The van der Waals surface area contributed by atoms with E-state index >= 15 is 0 Å². The third-order valence-corrected chi connectivity index (χ3v) is 2.50. The first-order chi connectivity index (χ1) is 7.99. The molecule has 2 nitrogen and oxygen atoms in total. The van der Waals surface area contributed by atoms with Crippen LogP contribution >= 0.6 is 0 Å². The summed E-state index contributed by atoms with van der Waals surface area (Å²) < 4.78 is 25.5. The molecular formula is C13H17F2NO. The van der Waals surface area contributed by atoms with E-state index < -0.39 is 11.6 Å². The van der Waals surface area contributed by atoms with Gasteiger partial charge in [0.25, 0.3) is 0 Å². The fourth-order valence-electron chi connectivity index (χ4n) is 1.59. The summed E-state index contributed by atoms with van der Waals surface area (Å²) in [7, 11) is 0. The zero-order chi connectivity index (χ0) is 12.8. The predicted molar refractivity (Wildman–Crippen MR) is 62.6 cm³/mol. The van der Waals surface area contributed by atoms with E-state index in [0.717, 1.165) is 25.0 Å². The number of rotatable bonds is 6. The minimum atomic E-state index is -0.911. The fourth-order valence-corrected chi connectivity index (χ4v) is 1.59. The Hall–Kier alpha value is -1.29. The van der Waals surface area contributed by atoms with Gasteiger partial charge in [-0.3, -0.25) is 4.79 Å². The van der Waals surface area contributed by atoms with Gasteiger partial charge in [0.05, 0.1) is 0 Å². The maximum atomic E-state index is 12.9. The van der Waals surface area contributed by atoms with E-state index in [0.29, 0.717) is 12.0 Å². The van der Waals surface area contributed by atoms with Gasteiger partial charge in [-0.15, -0.1) is 0 Å². The topological polar surface area (TPSA) is 43.1 Å². The smallest absolute Gasteiger partial charge is 0.159 e. The molecule has 0 aliphatic rings. The van der Waals surface area contributed by atoms with Crippen LogP contribution in [0.3, 0.4) is 0 Å². The number of carbonyl (C=O) groups is 1. The highest BCUT2D eigenvalue weighted by molar-refractivity contribution is 5.80. The van der Waals surface area contributed by atoms with Crippen LogP contribution in [0.25, 0.3) is 0 Å². The Morgan fingerprint density at radius 1 is 1.35 bits per heavy atom. The molecular weight excluding hydrogens is 224 g/mol. The monoisotopic (exact) mass is 241 g/mol. The molecule has 0 saturated heterocycles. The van der Waals surface area contributed by atoms with Gasteiger partial charge in [0, 0.05) is 18.9 Å². The first-order valence-corrected chi connectivity index (χ1v) is 5.70. The van der Waals surface area contributed by atoms with Crippen LogP contribution in [-0.4, -0.2) is 11.8 Å². The average Bonchev–Trinajstić information content (AvgIpc) is 2.23. The highest BCUT2D eigenvalue weighted by atomic mass is 19.2. The number of hydrogen-bond acceptors (Lipinski definition) is 2. The molecule has 0 heterocycles. The Bertz CT molecular complexity index is 391. The van der Waals surface area contributed by atoms with Crippen molar-refractivity contribution in [2.45, 2.75) is 38.6 Å². The Kier molecular flexibility index (Phi) is 5.22. The van der Waals surface area contributed by atoms with Gasteiger partial charge in [0.15, 0.2) is 11.6 Å². The van der Waals surface area contributed by atoms with Gasteiger partial charge in [0.1, 0.15) is 5.78 Å². The normalized spacial score (nSPS) is 12.5. The quantitative estimate of drug-likeness (QED) is 0.831. The van der Waals surface area contributed by atoms with Crippen molar-refractivity contribution in [3.05, 3.63) is 35.4 Å². The molecule has 0 aromatic heterocycles. The Morgan fingerprint density at radius 2 is 2.06 bits per heavy atom.